The van der Waals surface area contributed by atoms with Crippen molar-refractivity contribution in [2.24, 2.45) is 5.73 Å². The second-order valence-electron chi connectivity index (χ2n) is 3.99. The number of hydrogen-bond acceptors (Lipinski definition) is 3. The first kappa shape index (κ1) is 11.9. The van der Waals surface area contributed by atoms with E-state index in [0.29, 0.717) is 23.7 Å². The Morgan fingerprint density at radius 1 is 1.44 bits per heavy atom. The minimum absolute atomic E-state index is 0.0470. The van der Waals surface area contributed by atoms with Crippen LogP contribution < -0.4 is 5.73 Å². The lowest BCUT2D eigenvalue weighted by molar-refractivity contribution is 0.265. The van der Waals surface area contributed by atoms with Crippen molar-refractivity contribution in [1.82, 2.24) is 4.31 Å². The predicted molar refractivity (Wildman–Crippen MR) is 62.9 cm³/mol. The summed E-state index contributed by atoms with van der Waals surface area (Å²) in [7, 11) is -3.42. The van der Waals surface area contributed by atoms with Gasteiger partial charge in [0.25, 0.3) is 0 Å². The van der Waals surface area contributed by atoms with Crippen LogP contribution in [0.15, 0.2) is 23.1 Å². The Morgan fingerprint density at radius 2 is 2.06 bits per heavy atom. The molecule has 0 saturated carbocycles. The summed E-state index contributed by atoms with van der Waals surface area (Å²) in [6.07, 6.45) is 0. The van der Waals surface area contributed by atoms with Gasteiger partial charge < -0.3 is 5.73 Å². The molecular weight excluding hydrogens is 248 g/mol. The maximum atomic E-state index is 12.1. The number of rotatable bonds is 2. The Balaban J connectivity index is 2.40. The van der Waals surface area contributed by atoms with Crippen molar-refractivity contribution in [1.29, 1.82) is 0 Å². The Kier molecular flexibility index (Phi) is 2.96. The Labute approximate surface area is 100 Å². The number of benzene rings is 1. The molecule has 0 aromatic heterocycles. The van der Waals surface area contributed by atoms with Crippen molar-refractivity contribution >= 4 is 21.6 Å². The van der Waals surface area contributed by atoms with Gasteiger partial charge in [0, 0.05) is 24.2 Å². The van der Waals surface area contributed by atoms with Crippen LogP contribution in [-0.4, -0.2) is 31.9 Å². The molecule has 2 N–H and O–H groups in total. The third-order valence-electron chi connectivity index (χ3n) is 2.64. The van der Waals surface area contributed by atoms with Crippen LogP contribution in [0.5, 0.6) is 0 Å². The minimum atomic E-state index is -3.42. The molecule has 0 atom stereocenters. The fraction of sp³-hybridized carbons (Fsp3) is 0.400. The largest absolute Gasteiger partial charge is 0.325 e. The van der Waals surface area contributed by atoms with E-state index in [2.05, 4.69) is 0 Å². The van der Waals surface area contributed by atoms with Gasteiger partial charge in [-0.1, -0.05) is 17.7 Å². The molecule has 0 bridgehead atoms. The molecule has 1 heterocycles. The van der Waals surface area contributed by atoms with E-state index >= 15 is 0 Å². The lowest BCUT2D eigenvalue weighted by Gasteiger charge is -2.35. The van der Waals surface area contributed by atoms with Crippen molar-refractivity contribution in [3.8, 4) is 0 Å². The van der Waals surface area contributed by atoms with Crippen LogP contribution in [-0.2, 0) is 10.0 Å². The van der Waals surface area contributed by atoms with Crippen LogP contribution in [0.3, 0.4) is 0 Å². The summed E-state index contributed by atoms with van der Waals surface area (Å²) in [5.41, 5.74) is 6.28. The fourth-order valence-electron chi connectivity index (χ4n) is 1.66. The summed E-state index contributed by atoms with van der Waals surface area (Å²) in [5.74, 6) is 0. The number of aryl methyl sites for hydroxylation is 1. The Bertz CT molecular complexity index is 510. The van der Waals surface area contributed by atoms with Crippen LogP contribution in [0.2, 0.25) is 5.02 Å². The van der Waals surface area contributed by atoms with E-state index in [-0.39, 0.29) is 10.9 Å². The first-order valence-electron chi connectivity index (χ1n) is 4.93. The van der Waals surface area contributed by atoms with Crippen molar-refractivity contribution in [3.63, 3.8) is 0 Å². The van der Waals surface area contributed by atoms with Crippen LogP contribution >= 0.6 is 11.6 Å². The highest BCUT2D eigenvalue weighted by Crippen LogP contribution is 2.26. The molecule has 0 spiro atoms. The molecule has 1 fully saturated rings. The van der Waals surface area contributed by atoms with Gasteiger partial charge in [-0.3, -0.25) is 0 Å². The average molecular weight is 261 g/mol. The number of halogens is 1. The SMILES string of the molecule is Cc1ccc(Cl)cc1S(=O)(=O)N1CC(N)C1. The molecule has 88 valence electrons. The Hall–Kier alpha value is -0.620. The van der Waals surface area contributed by atoms with Crippen molar-refractivity contribution in [3.05, 3.63) is 28.8 Å². The zero-order valence-corrected chi connectivity index (χ0v) is 10.4. The maximum absolute atomic E-state index is 12.1. The molecule has 0 radical (unpaired) electrons. The van der Waals surface area contributed by atoms with Crippen LogP contribution in [0.1, 0.15) is 5.56 Å². The molecule has 0 aliphatic carbocycles. The quantitative estimate of drug-likeness (QED) is 0.862. The normalized spacial score (nSPS) is 18.4. The lowest BCUT2D eigenvalue weighted by Crippen LogP contribution is -2.57. The molecular formula is C10H13ClN2O2S. The molecule has 0 unspecified atom stereocenters. The monoisotopic (exact) mass is 260 g/mol. The summed E-state index contributed by atoms with van der Waals surface area (Å²) in [6, 6.07) is 4.82. The van der Waals surface area contributed by atoms with E-state index in [1.54, 1.807) is 19.1 Å². The van der Waals surface area contributed by atoms with E-state index in [1.807, 2.05) is 0 Å². The van der Waals surface area contributed by atoms with Gasteiger partial charge in [-0.25, -0.2) is 8.42 Å². The third-order valence-corrected chi connectivity index (χ3v) is 4.85. The number of hydrogen-bond donors (Lipinski definition) is 1. The molecule has 2 rings (SSSR count). The van der Waals surface area contributed by atoms with E-state index in [1.165, 1.54) is 10.4 Å². The van der Waals surface area contributed by atoms with Crippen molar-refractivity contribution in [2.75, 3.05) is 13.1 Å². The molecule has 1 saturated heterocycles. The van der Waals surface area contributed by atoms with Gasteiger partial charge in [-0.2, -0.15) is 4.31 Å². The summed E-state index contributed by atoms with van der Waals surface area (Å²) in [4.78, 5) is 0.270. The number of nitrogens with zero attached hydrogens (tertiary/aromatic N) is 1. The molecule has 1 aromatic rings. The first-order chi connectivity index (χ1) is 7.41. The van der Waals surface area contributed by atoms with Gasteiger partial charge in [0.05, 0.1) is 4.90 Å². The summed E-state index contributed by atoms with van der Waals surface area (Å²) >= 11 is 5.81. The smallest absolute Gasteiger partial charge is 0.243 e. The summed E-state index contributed by atoms with van der Waals surface area (Å²) in [6.45, 7) is 2.52. The molecule has 6 heteroatoms. The van der Waals surface area contributed by atoms with Gasteiger partial charge in [-0.15, -0.1) is 0 Å². The minimum Gasteiger partial charge on any atom is -0.325 e. The zero-order chi connectivity index (χ0) is 11.9. The lowest BCUT2D eigenvalue weighted by atomic mass is 10.2. The second kappa shape index (κ2) is 4.00. The standard InChI is InChI=1S/C10H13ClN2O2S/c1-7-2-3-8(11)4-10(7)16(14,15)13-5-9(12)6-13/h2-4,9H,5-6,12H2,1H3. The summed E-state index contributed by atoms with van der Waals surface area (Å²) < 4.78 is 25.7. The molecule has 0 amide bonds. The third kappa shape index (κ3) is 1.96. The topological polar surface area (TPSA) is 63.4 Å². The van der Waals surface area contributed by atoms with Crippen LogP contribution in [0.4, 0.5) is 0 Å². The van der Waals surface area contributed by atoms with Gasteiger partial charge in [0.15, 0.2) is 0 Å². The van der Waals surface area contributed by atoms with E-state index in [4.69, 9.17) is 17.3 Å². The summed E-state index contributed by atoms with van der Waals surface area (Å²) in [5, 5.41) is 0.425. The van der Waals surface area contributed by atoms with Crippen LogP contribution in [0, 0.1) is 6.92 Å². The molecule has 16 heavy (non-hydrogen) atoms. The van der Waals surface area contributed by atoms with Crippen LogP contribution in [0.25, 0.3) is 0 Å². The van der Waals surface area contributed by atoms with Gasteiger partial charge in [-0.05, 0) is 24.6 Å². The maximum Gasteiger partial charge on any atom is 0.243 e. The van der Waals surface area contributed by atoms with E-state index in [9.17, 15) is 8.42 Å². The highest BCUT2D eigenvalue weighted by Gasteiger charge is 2.35. The zero-order valence-electron chi connectivity index (χ0n) is 8.85. The van der Waals surface area contributed by atoms with E-state index in [0.717, 1.165) is 0 Å². The molecule has 1 aliphatic heterocycles. The van der Waals surface area contributed by atoms with E-state index < -0.39 is 10.0 Å². The average Bonchev–Trinajstić information content (AvgIpc) is 2.16. The van der Waals surface area contributed by atoms with Gasteiger partial charge in [0.2, 0.25) is 10.0 Å². The highest BCUT2D eigenvalue weighted by atomic mass is 35.5. The predicted octanol–water partition coefficient (Wildman–Crippen LogP) is 0.980. The van der Waals surface area contributed by atoms with Crippen molar-refractivity contribution in [2.45, 2.75) is 17.9 Å². The molecule has 1 aromatic carbocycles. The van der Waals surface area contributed by atoms with Gasteiger partial charge >= 0.3 is 0 Å². The van der Waals surface area contributed by atoms with Crippen molar-refractivity contribution < 1.29 is 8.42 Å². The second-order valence-corrected chi connectivity index (χ2v) is 6.33. The Morgan fingerprint density at radius 3 is 2.62 bits per heavy atom. The number of sulfonamides is 1. The molecule has 4 nitrogen and oxygen atoms in total. The van der Waals surface area contributed by atoms with Gasteiger partial charge in [0.1, 0.15) is 0 Å². The highest BCUT2D eigenvalue weighted by molar-refractivity contribution is 7.89. The number of nitrogens with two attached hydrogens (primary N) is 1. The first-order valence-corrected chi connectivity index (χ1v) is 6.75. The molecule has 1 aliphatic rings. The fourth-order valence-corrected chi connectivity index (χ4v) is 3.70.